The molecule has 0 aromatic rings. The Morgan fingerprint density at radius 1 is 0.700 bits per heavy atom. The highest BCUT2D eigenvalue weighted by atomic mass is 31.3. The molecule has 0 fully saturated rings. The molecule has 0 aliphatic rings. The van der Waals surface area contributed by atoms with E-state index >= 15 is 0 Å². The number of ether oxygens (including phenoxy) is 2. The molecule has 0 radical (unpaired) electrons. The smallest absolute Gasteiger partial charge is 0.379 e. The fraction of sp³-hybridized carbons (Fsp3) is 1.00. The van der Waals surface area contributed by atoms with Gasteiger partial charge in [-0.3, -0.25) is 4.52 Å². The third kappa shape index (κ3) is 21.4. The molecule has 0 bridgehead atoms. The molecule has 0 saturated carbocycles. The van der Waals surface area contributed by atoms with E-state index in [9.17, 15) is 14.0 Å². The number of unbranched alkanes of at least 4 members (excludes halogenated alkanes) is 10. The summed E-state index contributed by atoms with van der Waals surface area (Å²) in [7, 11) is -10.0. The summed E-state index contributed by atoms with van der Waals surface area (Å²) in [5.74, 6) is 0. The van der Waals surface area contributed by atoms with Crippen LogP contribution in [0.1, 0.15) is 90.9 Å². The Kier molecular flexibility index (Phi) is 18.8. The van der Waals surface area contributed by atoms with Gasteiger partial charge in [-0.1, -0.05) is 78.1 Å². The Morgan fingerprint density at radius 3 is 1.73 bits per heavy atom. The standard InChI is InChI=1S/C19H42O9P2/c1-3-5-7-9-11-13-15-25-17-19(26-16-14-12-10-8-6-4-2)18-27-30(23,24)28-29(20,21)22/h19H,3-18H2,1-2H3,(H,23,24)(H2,20,21,22). The van der Waals surface area contributed by atoms with E-state index in [1.165, 1.54) is 44.9 Å². The van der Waals surface area contributed by atoms with Gasteiger partial charge in [-0.25, -0.2) is 9.13 Å². The van der Waals surface area contributed by atoms with E-state index in [1.807, 2.05) is 0 Å². The molecule has 0 amide bonds. The molecule has 0 rings (SSSR count). The van der Waals surface area contributed by atoms with Crippen LogP contribution in [0.3, 0.4) is 0 Å². The number of hydrogen-bond acceptors (Lipinski definition) is 6. The maximum Gasteiger partial charge on any atom is 0.481 e. The van der Waals surface area contributed by atoms with E-state index in [-0.39, 0.29) is 13.2 Å². The van der Waals surface area contributed by atoms with Crippen LogP contribution >= 0.6 is 15.6 Å². The Hall–Kier alpha value is 0.180. The van der Waals surface area contributed by atoms with Crippen molar-refractivity contribution in [1.82, 2.24) is 0 Å². The van der Waals surface area contributed by atoms with Gasteiger partial charge in [-0.05, 0) is 12.8 Å². The maximum atomic E-state index is 11.6. The van der Waals surface area contributed by atoms with Crippen molar-refractivity contribution in [2.45, 2.75) is 97.0 Å². The molecule has 0 saturated heterocycles. The minimum atomic E-state index is -5.14. The fourth-order valence-corrected chi connectivity index (χ4v) is 4.43. The van der Waals surface area contributed by atoms with Gasteiger partial charge in [0.2, 0.25) is 0 Å². The van der Waals surface area contributed by atoms with Crippen LogP contribution < -0.4 is 0 Å². The third-order valence-electron chi connectivity index (χ3n) is 4.43. The fourth-order valence-electron chi connectivity index (χ4n) is 2.81. The average Bonchev–Trinajstić information content (AvgIpc) is 2.64. The quantitative estimate of drug-likeness (QED) is 0.140. The molecule has 0 spiro atoms. The van der Waals surface area contributed by atoms with Gasteiger partial charge in [0.25, 0.3) is 0 Å². The van der Waals surface area contributed by atoms with E-state index in [0.29, 0.717) is 13.2 Å². The Labute approximate surface area is 181 Å². The second-order valence-corrected chi connectivity index (χ2v) is 10.3. The summed E-state index contributed by atoms with van der Waals surface area (Å²) in [4.78, 5) is 26.8. The first kappa shape index (κ1) is 30.2. The van der Waals surface area contributed by atoms with Gasteiger partial charge in [0.05, 0.1) is 13.2 Å². The highest BCUT2D eigenvalue weighted by Gasteiger charge is 2.33. The zero-order chi connectivity index (χ0) is 22.7. The Balaban J connectivity index is 4.24. The molecule has 3 N–H and O–H groups in total. The van der Waals surface area contributed by atoms with E-state index in [4.69, 9.17) is 23.8 Å². The number of hydrogen-bond donors (Lipinski definition) is 3. The van der Waals surface area contributed by atoms with Crippen molar-refractivity contribution in [2.24, 2.45) is 0 Å². The summed E-state index contributed by atoms with van der Waals surface area (Å²) in [5, 5.41) is 0. The van der Waals surface area contributed by atoms with E-state index < -0.39 is 21.7 Å². The predicted molar refractivity (Wildman–Crippen MR) is 116 cm³/mol. The van der Waals surface area contributed by atoms with Gasteiger partial charge >= 0.3 is 15.6 Å². The molecule has 182 valence electrons. The lowest BCUT2D eigenvalue weighted by Gasteiger charge is -2.20. The topological polar surface area (TPSA) is 132 Å². The number of phosphoric ester groups is 1. The summed E-state index contributed by atoms with van der Waals surface area (Å²) in [6.45, 7) is 5.15. The van der Waals surface area contributed by atoms with Gasteiger partial charge in [0.15, 0.2) is 0 Å². The minimum absolute atomic E-state index is 0.167. The molecule has 0 heterocycles. The van der Waals surface area contributed by atoms with Crippen LogP contribution in [-0.4, -0.2) is 47.2 Å². The van der Waals surface area contributed by atoms with Gasteiger partial charge in [-0.15, -0.1) is 0 Å². The van der Waals surface area contributed by atoms with Crippen LogP contribution in [0.15, 0.2) is 0 Å². The van der Waals surface area contributed by atoms with E-state index in [2.05, 4.69) is 18.2 Å². The second kappa shape index (κ2) is 18.7. The first-order valence-electron chi connectivity index (χ1n) is 11.1. The highest BCUT2D eigenvalue weighted by Crippen LogP contribution is 2.57. The van der Waals surface area contributed by atoms with E-state index in [0.717, 1.165) is 32.1 Å². The van der Waals surface area contributed by atoms with Crippen LogP contribution in [0.4, 0.5) is 0 Å². The van der Waals surface area contributed by atoms with Gasteiger partial charge in [0.1, 0.15) is 6.10 Å². The van der Waals surface area contributed by atoms with Gasteiger partial charge < -0.3 is 24.2 Å². The first-order chi connectivity index (χ1) is 14.2. The van der Waals surface area contributed by atoms with E-state index in [1.54, 1.807) is 0 Å². The molecule has 30 heavy (non-hydrogen) atoms. The minimum Gasteiger partial charge on any atom is -0.379 e. The summed E-state index contributed by atoms with van der Waals surface area (Å²) in [5.41, 5.74) is 0. The molecule has 0 aliphatic carbocycles. The molecule has 9 nitrogen and oxygen atoms in total. The number of rotatable bonds is 22. The Morgan fingerprint density at radius 2 is 1.20 bits per heavy atom. The monoisotopic (exact) mass is 476 g/mol. The third-order valence-corrected chi connectivity index (χ3v) is 6.58. The first-order valence-corrected chi connectivity index (χ1v) is 14.2. The van der Waals surface area contributed by atoms with Crippen molar-refractivity contribution in [3.05, 3.63) is 0 Å². The number of phosphoric acid groups is 2. The summed E-state index contributed by atoms with van der Waals surface area (Å²) in [6.07, 6.45) is 12.8. The predicted octanol–water partition coefficient (Wildman–Crippen LogP) is 5.34. The van der Waals surface area contributed by atoms with Crippen molar-refractivity contribution in [3.63, 3.8) is 0 Å². The van der Waals surface area contributed by atoms with Crippen molar-refractivity contribution in [2.75, 3.05) is 26.4 Å². The van der Waals surface area contributed by atoms with Crippen molar-refractivity contribution in [3.8, 4) is 0 Å². The van der Waals surface area contributed by atoms with Crippen LogP contribution in [0.25, 0.3) is 0 Å². The molecular weight excluding hydrogens is 434 g/mol. The van der Waals surface area contributed by atoms with Crippen LogP contribution in [0, 0.1) is 0 Å². The van der Waals surface area contributed by atoms with Crippen molar-refractivity contribution < 1.29 is 42.1 Å². The molecule has 2 unspecified atom stereocenters. The molecular formula is C19H42O9P2. The summed E-state index contributed by atoms with van der Waals surface area (Å²) >= 11 is 0. The zero-order valence-electron chi connectivity index (χ0n) is 18.6. The molecule has 0 aromatic carbocycles. The maximum absolute atomic E-state index is 11.6. The van der Waals surface area contributed by atoms with Crippen LogP contribution in [-0.2, 0) is 27.4 Å². The highest BCUT2D eigenvalue weighted by molar-refractivity contribution is 7.60. The Bertz CT molecular complexity index is 485. The summed E-state index contributed by atoms with van der Waals surface area (Å²) < 4.78 is 42.2. The molecule has 11 heteroatoms. The summed E-state index contributed by atoms with van der Waals surface area (Å²) in [6, 6.07) is 0. The van der Waals surface area contributed by atoms with Crippen molar-refractivity contribution >= 4 is 15.6 Å². The second-order valence-electron chi connectivity index (χ2n) is 7.44. The molecule has 2 atom stereocenters. The van der Waals surface area contributed by atoms with Crippen molar-refractivity contribution in [1.29, 1.82) is 0 Å². The average molecular weight is 476 g/mol. The molecule has 0 aliphatic heterocycles. The lowest BCUT2D eigenvalue weighted by molar-refractivity contribution is -0.0429. The SMILES string of the molecule is CCCCCCCCOCC(COP(=O)(O)OP(=O)(O)O)OCCCCCCCC. The largest absolute Gasteiger partial charge is 0.481 e. The normalized spacial score (nSPS) is 15.2. The zero-order valence-corrected chi connectivity index (χ0v) is 20.4. The van der Waals surface area contributed by atoms with Crippen LogP contribution in [0.2, 0.25) is 0 Å². The van der Waals surface area contributed by atoms with Gasteiger partial charge in [0, 0.05) is 13.2 Å². The van der Waals surface area contributed by atoms with Gasteiger partial charge in [-0.2, -0.15) is 4.31 Å². The lowest BCUT2D eigenvalue weighted by atomic mass is 10.1. The molecule has 0 aromatic heterocycles. The lowest BCUT2D eigenvalue weighted by Crippen LogP contribution is -2.26. The van der Waals surface area contributed by atoms with Crippen LogP contribution in [0.5, 0.6) is 0 Å².